The number of nitrogens with zero attached hydrogens (tertiary/aromatic N) is 1. The van der Waals surface area contributed by atoms with Gasteiger partial charge in [-0.25, -0.2) is 4.39 Å². The molecule has 0 aliphatic carbocycles. The molecule has 138 valence electrons. The van der Waals surface area contributed by atoms with Crippen LogP contribution in [-0.2, 0) is 4.79 Å². The second-order valence-electron chi connectivity index (χ2n) is 5.66. The van der Waals surface area contributed by atoms with Crippen LogP contribution in [0, 0.1) is 5.82 Å². The first kappa shape index (κ1) is 19.1. The van der Waals surface area contributed by atoms with Crippen molar-refractivity contribution in [3.63, 3.8) is 0 Å². The number of hydrogen-bond acceptors (Lipinski definition) is 5. The number of benzene rings is 2. The number of aromatic hydroxyl groups is 1. The lowest BCUT2D eigenvalue weighted by Gasteiger charge is -2.15. The number of amides is 2. The number of thiocarbonyl (C=S) groups is 1. The van der Waals surface area contributed by atoms with Gasteiger partial charge in [0.15, 0.2) is 0 Å². The number of phenolic OH excluding ortho intramolecular Hbond substituents is 1. The molecule has 0 spiro atoms. The van der Waals surface area contributed by atoms with Crippen LogP contribution in [0.25, 0.3) is 6.08 Å². The molecule has 0 radical (unpaired) electrons. The van der Waals surface area contributed by atoms with E-state index in [1.54, 1.807) is 30.3 Å². The van der Waals surface area contributed by atoms with E-state index in [-0.39, 0.29) is 36.1 Å². The van der Waals surface area contributed by atoms with Crippen molar-refractivity contribution in [1.82, 2.24) is 10.2 Å². The van der Waals surface area contributed by atoms with Crippen molar-refractivity contribution in [2.24, 2.45) is 0 Å². The Kier molecular flexibility index (Phi) is 5.88. The van der Waals surface area contributed by atoms with E-state index < -0.39 is 5.91 Å². The molecule has 5 nitrogen and oxygen atoms in total. The highest BCUT2D eigenvalue weighted by Gasteiger charge is 2.31. The molecule has 3 rings (SSSR count). The number of nitrogens with one attached hydrogen (secondary N) is 1. The van der Waals surface area contributed by atoms with Crippen molar-refractivity contribution in [2.45, 2.75) is 0 Å². The van der Waals surface area contributed by atoms with E-state index in [1.165, 1.54) is 29.2 Å². The Morgan fingerprint density at radius 2 is 2.04 bits per heavy atom. The van der Waals surface area contributed by atoms with Crippen LogP contribution in [0.1, 0.15) is 15.9 Å². The van der Waals surface area contributed by atoms with E-state index in [0.29, 0.717) is 14.8 Å². The summed E-state index contributed by atoms with van der Waals surface area (Å²) in [6, 6.07) is 12.1. The van der Waals surface area contributed by atoms with Crippen LogP contribution in [0.4, 0.5) is 4.39 Å². The van der Waals surface area contributed by atoms with Gasteiger partial charge in [-0.2, -0.15) is 0 Å². The predicted molar refractivity (Wildman–Crippen MR) is 107 cm³/mol. The predicted octanol–water partition coefficient (Wildman–Crippen LogP) is 3.16. The zero-order valence-corrected chi connectivity index (χ0v) is 15.6. The van der Waals surface area contributed by atoms with Crippen LogP contribution in [-0.4, -0.2) is 39.2 Å². The topological polar surface area (TPSA) is 69.6 Å². The summed E-state index contributed by atoms with van der Waals surface area (Å²) in [6.45, 7) is 0.372. The molecular weight excluding hydrogens is 387 g/mol. The first-order valence-corrected chi connectivity index (χ1v) is 9.25. The highest BCUT2D eigenvalue weighted by Crippen LogP contribution is 2.32. The van der Waals surface area contributed by atoms with Gasteiger partial charge < -0.3 is 10.4 Å². The minimum absolute atomic E-state index is 0.112. The van der Waals surface area contributed by atoms with Crippen molar-refractivity contribution in [2.75, 3.05) is 13.1 Å². The molecule has 2 amide bonds. The van der Waals surface area contributed by atoms with E-state index in [1.807, 2.05) is 0 Å². The second-order valence-corrected chi connectivity index (χ2v) is 7.34. The Morgan fingerprint density at radius 3 is 2.78 bits per heavy atom. The van der Waals surface area contributed by atoms with Gasteiger partial charge in [-0.1, -0.05) is 48.2 Å². The Morgan fingerprint density at radius 1 is 1.26 bits per heavy atom. The van der Waals surface area contributed by atoms with Crippen molar-refractivity contribution < 1.29 is 19.1 Å². The van der Waals surface area contributed by atoms with Gasteiger partial charge in [0.1, 0.15) is 15.9 Å². The summed E-state index contributed by atoms with van der Waals surface area (Å²) in [5.41, 5.74) is 0.734. The molecule has 1 fully saturated rings. The van der Waals surface area contributed by atoms with Gasteiger partial charge in [-0.3, -0.25) is 14.5 Å². The fourth-order valence-electron chi connectivity index (χ4n) is 2.48. The molecule has 1 saturated heterocycles. The summed E-state index contributed by atoms with van der Waals surface area (Å²) < 4.78 is 13.7. The normalized spacial score (nSPS) is 15.4. The largest absolute Gasteiger partial charge is 0.507 e. The lowest BCUT2D eigenvalue weighted by Crippen LogP contribution is -2.37. The standard InChI is InChI=1S/C19H15FN2O3S2/c20-13-5-3-4-12(10-13)11-16-18(25)22(19(26)27-16)9-8-21-17(24)14-6-1-2-7-15(14)23/h1-7,10-11,23H,8-9H2,(H,21,24). The smallest absolute Gasteiger partial charge is 0.266 e. The third kappa shape index (κ3) is 4.53. The average Bonchev–Trinajstić information content (AvgIpc) is 2.89. The molecule has 1 aliphatic heterocycles. The minimum atomic E-state index is -0.436. The monoisotopic (exact) mass is 402 g/mol. The van der Waals surface area contributed by atoms with Crippen LogP contribution < -0.4 is 5.32 Å². The van der Waals surface area contributed by atoms with Gasteiger partial charge in [0.25, 0.3) is 11.8 Å². The van der Waals surface area contributed by atoms with Gasteiger partial charge in [0, 0.05) is 13.1 Å². The molecule has 2 N–H and O–H groups in total. The zero-order chi connectivity index (χ0) is 19.4. The number of rotatable bonds is 5. The van der Waals surface area contributed by atoms with Crippen LogP contribution in [0.5, 0.6) is 5.75 Å². The fraction of sp³-hybridized carbons (Fsp3) is 0.105. The molecule has 0 bridgehead atoms. The van der Waals surface area contributed by atoms with E-state index in [2.05, 4.69) is 5.32 Å². The quantitative estimate of drug-likeness (QED) is 0.594. The molecule has 27 heavy (non-hydrogen) atoms. The minimum Gasteiger partial charge on any atom is -0.507 e. The van der Waals surface area contributed by atoms with Gasteiger partial charge in [-0.15, -0.1) is 0 Å². The van der Waals surface area contributed by atoms with Gasteiger partial charge in [0.05, 0.1) is 10.5 Å². The van der Waals surface area contributed by atoms with Crippen LogP contribution in [0.2, 0.25) is 0 Å². The Hall–Kier alpha value is -2.71. The average molecular weight is 402 g/mol. The number of carbonyl (C=O) groups is 2. The van der Waals surface area contributed by atoms with E-state index >= 15 is 0 Å². The molecule has 1 aliphatic rings. The first-order chi connectivity index (χ1) is 13.0. The Bertz CT molecular complexity index is 946. The first-order valence-electron chi connectivity index (χ1n) is 8.03. The molecule has 0 unspecified atom stereocenters. The molecule has 0 saturated carbocycles. The van der Waals surface area contributed by atoms with Gasteiger partial charge in [-0.05, 0) is 35.9 Å². The number of hydrogen-bond donors (Lipinski definition) is 2. The van der Waals surface area contributed by atoms with Crippen molar-refractivity contribution in [1.29, 1.82) is 0 Å². The second kappa shape index (κ2) is 8.32. The lowest BCUT2D eigenvalue weighted by atomic mass is 10.2. The van der Waals surface area contributed by atoms with Crippen molar-refractivity contribution in [3.05, 3.63) is 70.4 Å². The maximum atomic E-state index is 13.3. The van der Waals surface area contributed by atoms with Gasteiger partial charge in [0.2, 0.25) is 0 Å². The van der Waals surface area contributed by atoms with Crippen molar-refractivity contribution in [3.8, 4) is 5.75 Å². The van der Waals surface area contributed by atoms with E-state index in [9.17, 15) is 19.1 Å². The molecule has 2 aromatic carbocycles. The number of halogens is 1. The summed E-state index contributed by atoms with van der Waals surface area (Å²) in [5, 5.41) is 12.3. The van der Waals surface area contributed by atoms with Crippen LogP contribution in [0.15, 0.2) is 53.4 Å². The summed E-state index contributed by atoms with van der Waals surface area (Å²) in [4.78, 5) is 26.4. The molecular formula is C19H15FN2O3S2. The third-order valence-corrected chi connectivity index (χ3v) is 5.17. The lowest BCUT2D eigenvalue weighted by molar-refractivity contribution is -0.122. The molecule has 2 aromatic rings. The SMILES string of the molecule is O=C(NCCN1C(=O)C(=Cc2cccc(F)c2)SC1=S)c1ccccc1O. The van der Waals surface area contributed by atoms with Crippen LogP contribution in [0.3, 0.4) is 0 Å². The maximum Gasteiger partial charge on any atom is 0.266 e. The van der Waals surface area contributed by atoms with Gasteiger partial charge >= 0.3 is 0 Å². The van der Waals surface area contributed by atoms with E-state index in [0.717, 1.165) is 11.8 Å². The molecule has 8 heteroatoms. The third-order valence-electron chi connectivity index (χ3n) is 3.79. The highest BCUT2D eigenvalue weighted by atomic mass is 32.2. The Balaban J connectivity index is 1.61. The number of thioether (sulfide) groups is 1. The number of carbonyl (C=O) groups excluding carboxylic acids is 2. The van der Waals surface area contributed by atoms with Crippen molar-refractivity contribution >= 4 is 46.2 Å². The highest BCUT2D eigenvalue weighted by molar-refractivity contribution is 8.26. The summed E-state index contributed by atoms with van der Waals surface area (Å²) in [6.07, 6.45) is 1.59. The number of para-hydroxylation sites is 1. The molecule has 0 atom stereocenters. The summed E-state index contributed by atoms with van der Waals surface area (Å²) >= 11 is 6.36. The fourth-order valence-corrected chi connectivity index (χ4v) is 3.79. The number of phenols is 1. The zero-order valence-electron chi connectivity index (χ0n) is 14.0. The molecule has 0 aromatic heterocycles. The Labute approximate surface area is 164 Å². The summed E-state index contributed by atoms with van der Waals surface area (Å²) in [5.74, 6) is -1.22. The molecule has 1 heterocycles. The summed E-state index contributed by atoms with van der Waals surface area (Å²) in [7, 11) is 0. The maximum absolute atomic E-state index is 13.3. The van der Waals surface area contributed by atoms with Crippen LogP contribution >= 0.6 is 24.0 Å². The van der Waals surface area contributed by atoms with E-state index in [4.69, 9.17) is 12.2 Å².